The summed E-state index contributed by atoms with van der Waals surface area (Å²) in [5.74, 6) is 0. The van der Waals surface area contributed by atoms with Crippen LogP contribution in [0.25, 0.3) is 0 Å². The van der Waals surface area contributed by atoms with E-state index in [0.29, 0.717) is 10.7 Å². The summed E-state index contributed by atoms with van der Waals surface area (Å²) in [6, 6.07) is 13.3. The summed E-state index contributed by atoms with van der Waals surface area (Å²) < 4.78 is 0. The van der Waals surface area contributed by atoms with E-state index in [1.807, 2.05) is 6.07 Å². The number of anilines is 1. The third kappa shape index (κ3) is 3.00. The molecular formula is C16H15ClN2O2. The highest BCUT2D eigenvalue weighted by Gasteiger charge is 2.21. The Kier molecular flexibility index (Phi) is 3.80. The van der Waals surface area contributed by atoms with E-state index in [4.69, 9.17) is 11.6 Å². The predicted molar refractivity (Wildman–Crippen MR) is 84.0 cm³/mol. The lowest BCUT2D eigenvalue weighted by molar-refractivity contribution is -0.384. The molecule has 1 unspecified atom stereocenters. The number of fused-ring (bicyclic) bond motifs is 1. The van der Waals surface area contributed by atoms with E-state index in [9.17, 15) is 10.1 Å². The number of halogens is 1. The molecule has 1 aliphatic carbocycles. The summed E-state index contributed by atoms with van der Waals surface area (Å²) in [4.78, 5) is 10.7. The third-order valence-electron chi connectivity index (χ3n) is 3.86. The van der Waals surface area contributed by atoms with E-state index in [0.717, 1.165) is 19.3 Å². The van der Waals surface area contributed by atoms with Gasteiger partial charge in [0.05, 0.1) is 4.92 Å². The number of hydrogen-bond acceptors (Lipinski definition) is 3. The molecule has 0 radical (unpaired) electrons. The second-order valence-corrected chi connectivity index (χ2v) is 5.71. The number of nitro groups is 1. The van der Waals surface area contributed by atoms with Crippen molar-refractivity contribution in [3.63, 3.8) is 0 Å². The lowest BCUT2D eigenvalue weighted by Crippen LogP contribution is -2.27. The maximum Gasteiger partial charge on any atom is 0.293 e. The fourth-order valence-corrected chi connectivity index (χ4v) is 2.99. The molecule has 0 saturated carbocycles. The van der Waals surface area contributed by atoms with Gasteiger partial charge >= 0.3 is 0 Å². The summed E-state index contributed by atoms with van der Waals surface area (Å²) in [6.07, 6.45) is 2.85. The Labute approximate surface area is 127 Å². The van der Waals surface area contributed by atoms with E-state index in [2.05, 4.69) is 23.5 Å². The molecule has 2 aromatic carbocycles. The molecule has 1 atom stereocenters. The van der Waals surface area contributed by atoms with Crippen LogP contribution in [0, 0.1) is 10.1 Å². The smallest absolute Gasteiger partial charge is 0.293 e. The molecule has 0 amide bonds. The molecule has 5 heteroatoms. The molecule has 108 valence electrons. The minimum atomic E-state index is -0.398. The van der Waals surface area contributed by atoms with Crippen LogP contribution in [0.2, 0.25) is 5.02 Å². The Bertz CT molecular complexity index is 688. The number of nitrogens with zero attached hydrogens (tertiary/aromatic N) is 1. The molecule has 0 heterocycles. The van der Waals surface area contributed by atoms with Crippen molar-refractivity contribution in [2.75, 3.05) is 5.32 Å². The Morgan fingerprint density at radius 1 is 1.19 bits per heavy atom. The molecule has 1 N–H and O–H groups in total. The van der Waals surface area contributed by atoms with Crippen molar-refractivity contribution in [3.05, 3.63) is 68.7 Å². The van der Waals surface area contributed by atoms with E-state index in [-0.39, 0.29) is 11.7 Å². The van der Waals surface area contributed by atoms with Gasteiger partial charge in [0, 0.05) is 17.1 Å². The van der Waals surface area contributed by atoms with E-state index < -0.39 is 4.92 Å². The third-order valence-corrected chi connectivity index (χ3v) is 4.10. The fourth-order valence-electron chi connectivity index (χ4n) is 2.82. The zero-order chi connectivity index (χ0) is 14.8. The van der Waals surface area contributed by atoms with Crippen LogP contribution in [0.1, 0.15) is 17.5 Å². The number of aryl methyl sites for hydroxylation is 1. The second kappa shape index (κ2) is 5.74. The van der Waals surface area contributed by atoms with E-state index in [1.165, 1.54) is 17.2 Å². The number of rotatable bonds is 3. The molecule has 0 bridgehead atoms. The van der Waals surface area contributed by atoms with Crippen LogP contribution in [0.15, 0.2) is 42.5 Å². The zero-order valence-corrected chi connectivity index (χ0v) is 12.1. The first-order valence-corrected chi connectivity index (χ1v) is 7.28. The van der Waals surface area contributed by atoms with Gasteiger partial charge in [-0.15, -0.1) is 0 Å². The first-order valence-electron chi connectivity index (χ1n) is 6.91. The van der Waals surface area contributed by atoms with Crippen molar-refractivity contribution in [2.24, 2.45) is 0 Å². The average molecular weight is 303 g/mol. The lowest BCUT2D eigenvalue weighted by Gasteiger charge is -2.26. The van der Waals surface area contributed by atoms with Gasteiger partial charge in [-0.2, -0.15) is 0 Å². The van der Waals surface area contributed by atoms with Crippen molar-refractivity contribution in [2.45, 2.75) is 25.3 Å². The SMILES string of the molecule is O=[N+]([O-])c1cc(Cl)ccc1NC1CCc2ccccc2C1. The van der Waals surface area contributed by atoms with Crippen LogP contribution in [-0.4, -0.2) is 11.0 Å². The molecule has 1 aliphatic rings. The highest BCUT2D eigenvalue weighted by Crippen LogP contribution is 2.30. The van der Waals surface area contributed by atoms with E-state index in [1.54, 1.807) is 12.1 Å². The largest absolute Gasteiger partial charge is 0.376 e. The Balaban J connectivity index is 1.81. The van der Waals surface area contributed by atoms with Gasteiger partial charge in [0.25, 0.3) is 5.69 Å². The normalized spacial score (nSPS) is 17.1. The fraction of sp³-hybridized carbons (Fsp3) is 0.250. The van der Waals surface area contributed by atoms with Crippen molar-refractivity contribution in [1.29, 1.82) is 0 Å². The minimum Gasteiger partial charge on any atom is -0.376 e. The number of hydrogen-bond donors (Lipinski definition) is 1. The van der Waals surface area contributed by atoms with Crippen LogP contribution in [-0.2, 0) is 12.8 Å². The topological polar surface area (TPSA) is 55.2 Å². The van der Waals surface area contributed by atoms with Crippen molar-refractivity contribution < 1.29 is 4.92 Å². The summed E-state index contributed by atoms with van der Waals surface area (Å²) in [7, 11) is 0. The van der Waals surface area contributed by atoms with Crippen molar-refractivity contribution >= 4 is 23.0 Å². The maximum absolute atomic E-state index is 11.1. The van der Waals surface area contributed by atoms with Gasteiger partial charge in [-0.1, -0.05) is 35.9 Å². The van der Waals surface area contributed by atoms with Crippen LogP contribution in [0.3, 0.4) is 0 Å². The van der Waals surface area contributed by atoms with Crippen LogP contribution in [0.4, 0.5) is 11.4 Å². The summed E-state index contributed by atoms with van der Waals surface area (Å²) >= 11 is 5.84. The van der Waals surface area contributed by atoms with Crippen molar-refractivity contribution in [1.82, 2.24) is 0 Å². The van der Waals surface area contributed by atoms with Gasteiger partial charge in [-0.05, 0) is 42.5 Å². The number of nitrogens with one attached hydrogen (secondary N) is 1. The minimum absolute atomic E-state index is 0.0290. The molecule has 2 aromatic rings. The Morgan fingerprint density at radius 2 is 1.95 bits per heavy atom. The molecule has 4 nitrogen and oxygen atoms in total. The first kappa shape index (κ1) is 13.9. The van der Waals surface area contributed by atoms with Crippen LogP contribution < -0.4 is 5.32 Å². The lowest BCUT2D eigenvalue weighted by atomic mass is 9.88. The maximum atomic E-state index is 11.1. The molecule has 3 rings (SSSR count). The molecule has 0 fully saturated rings. The monoisotopic (exact) mass is 302 g/mol. The van der Waals surface area contributed by atoms with Crippen molar-refractivity contribution in [3.8, 4) is 0 Å². The highest BCUT2D eigenvalue weighted by molar-refractivity contribution is 6.30. The standard InChI is InChI=1S/C16H15ClN2O2/c17-13-6-8-15(16(10-13)19(20)21)18-14-7-5-11-3-1-2-4-12(11)9-14/h1-4,6,8,10,14,18H,5,7,9H2. The van der Waals surface area contributed by atoms with Crippen LogP contribution >= 0.6 is 11.6 Å². The van der Waals surface area contributed by atoms with Gasteiger partial charge in [0.1, 0.15) is 5.69 Å². The second-order valence-electron chi connectivity index (χ2n) is 5.27. The van der Waals surface area contributed by atoms with Gasteiger partial charge in [0.2, 0.25) is 0 Å². The van der Waals surface area contributed by atoms with Gasteiger partial charge < -0.3 is 5.32 Å². The molecule has 21 heavy (non-hydrogen) atoms. The summed E-state index contributed by atoms with van der Waals surface area (Å²) in [6.45, 7) is 0. The number of nitro benzene ring substituents is 1. The van der Waals surface area contributed by atoms with Crippen LogP contribution in [0.5, 0.6) is 0 Å². The predicted octanol–water partition coefficient (Wildman–Crippen LogP) is 4.22. The molecule has 0 aromatic heterocycles. The average Bonchev–Trinajstić information content (AvgIpc) is 2.49. The summed E-state index contributed by atoms with van der Waals surface area (Å²) in [5.41, 5.74) is 3.26. The number of benzene rings is 2. The van der Waals surface area contributed by atoms with E-state index >= 15 is 0 Å². The van der Waals surface area contributed by atoms with Gasteiger partial charge in [-0.25, -0.2) is 0 Å². The molecule has 0 aliphatic heterocycles. The molecule has 0 saturated heterocycles. The van der Waals surface area contributed by atoms with Gasteiger partial charge in [-0.3, -0.25) is 10.1 Å². The first-order chi connectivity index (χ1) is 10.1. The Hall–Kier alpha value is -2.07. The summed E-state index contributed by atoms with van der Waals surface area (Å²) in [5, 5.41) is 14.8. The highest BCUT2D eigenvalue weighted by atomic mass is 35.5. The molecular weight excluding hydrogens is 288 g/mol. The zero-order valence-electron chi connectivity index (χ0n) is 11.4. The Morgan fingerprint density at radius 3 is 2.71 bits per heavy atom. The molecule has 0 spiro atoms. The van der Waals surface area contributed by atoms with Gasteiger partial charge in [0.15, 0.2) is 0 Å². The quantitative estimate of drug-likeness (QED) is 0.682.